The molecule has 0 spiro atoms. The van der Waals surface area contributed by atoms with Crippen molar-refractivity contribution in [1.82, 2.24) is 0 Å². The van der Waals surface area contributed by atoms with Gasteiger partial charge in [0.1, 0.15) is 0 Å². The molecule has 0 unspecified atom stereocenters. The van der Waals surface area contributed by atoms with E-state index in [1.165, 1.54) is 0 Å². The molecular formula is C20H18ClNO2. The van der Waals surface area contributed by atoms with E-state index in [0.717, 1.165) is 18.4 Å². The summed E-state index contributed by atoms with van der Waals surface area (Å²) in [6.45, 7) is 1.99. The van der Waals surface area contributed by atoms with Gasteiger partial charge in [-0.05, 0) is 48.7 Å². The number of hydrogen-bond acceptors (Lipinski definition) is 2. The molecule has 0 aromatic heterocycles. The van der Waals surface area contributed by atoms with Crippen LogP contribution in [0.4, 0.5) is 5.69 Å². The Morgan fingerprint density at radius 2 is 1.88 bits per heavy atom. The normalized spacial score (nSPS) is 15.2. The van der Waals surface area contributed by atoms with E-state index in [-0.39, 0.29) is 17.1 Å². The summed E-state index contributed by atoms with van der Waals surface area (Å²) in [7, 11) is 0. The summed E-state index contributed by atoms with van der Waals surface area (Å²) in [5.74, 6) is -0.101. The lowest BCUT2D eigenvalue weighted by atomic mass is 10.0. The Hall–Kier alpha value is -2.39. The molecule has 0 bridgehead atoms. The molecule has 0 heterocycles. The lowest BCUT2D eigenvalue weighted by molar-refractivity contribution is -0.118. The highest BCUT2D eigenvalue weighted by atomic mass is 35.5. The van der Waals surface area contributed by atoms with Gasteiger partial charge in [0, 0.05) is 11.1 Å². The fourth-order valence-electron chi connectivity index (χ4n) is 2.37. The second kappa shape index (κ2) is 6.62. The van der Waals surface area contributed by atoms with Gasteiger partial charge in [-0.2, -0.15) is 0 Å². The number of allylic oxidation sites excluding steroid dienone is 1. The highest BCUT2D eigenvalue weighted by Gasteiger charge is 2.42. The molecule has 4 heteroatoms. The minimum absolute atomic E-state index is 0.160. The van der Waals surface area contributed by atoms with Crippen molar-refractivity contribution in [3.05, 3.63) is 70.8 Å². The van der Waals surface area contributed by atoms with Gasteiger partial charge in [-0.15, -0.1) is 0 Å². The molecule has 122 valence electrons. The van der Waals surface area contributed by atoms with Crippen molar-refractivity contribution in [3.8, 4) is 0 Å². The largest absolute Gasteiger partial charge is 0.322 e. The van der Waals surface area contributed by atoms with Crippen LogP contribution in [0.25, 0.3) is 6.08 Å². The van der Waals surface area contributed by atoms with Crippen molar-refractivity contribution in [2.24, 2.45) is 5.41 Å². The Balaban J connectivity index is 1.71. The number of halogens is 1. The maximum Gasteiger partial charge on any atom is 0.257 e. The SMILES string of the molecule is CC1(C(=O)/C=C/c2cccc(NC(=O)c3ccccc3Cl)c2)CC1. The molecule has 0 saturated heterocycles. The maximum absolute atomic E-state index is 12.3. The summed E-state index contributed by atoms with van der Waals surface area (Å²) in [6.07, 6.45) is 5.34. The zero-order valence-corrected chi connectivity index (χ0v) is 14.1. The average molecular weight is 340 g/mol. The summed E-state index contributed by atoms with van der Waals surface area (Å²) >= 11 is 6.04. The van der Waals surface area contributed by atoms with E-state index in [9.17, 15) is 9.59 Å². The second-order valence-electron chi connectivity index (χ2n) is 6.32. The van der Waals surface area contributed by atoms with Crippen LogP contribution in [0.15, 0.2) is 54.6 Å². The number of benzene rings is 2. The molecule has 1 fully saturated rings. The van der Waals surface area contributed by atoms with Crippen LogP contribution in [0.5, 0.6) is 0 Å². The summed E-state index contributed by atoms with van der Waals surface area (Å²) in [5.41, 5.74) is 1.79. The summed E-state index contributed by atoms with van der Waals surface area (Å²) in [5, 5.41) is 3.24. The quantitative estimate of drug-likeness (QED) is 0.781. The number of ketones is 1. The van der Waals surface area contributed by atoms with Crippen molar-refractivity contribution >= 4 is 35.1 Å². The third-order valence-electron chi connectivity index (χ3n) is 4.28. The smallest absolute Gasteiger partial charge is 0.257 e. The minimum Gasteiger partial charge on any atom is -0.322 e. The van der Waals surface area contributed by atoms with Gasteiger partial charge in [0.25, 0.3) is 5.91 Å². The van der Waals surface area contributed by atoms with Crippen LogP contribution in [-0.4, -0.2) is 11.7 Å². The van der Waals surface area contributed by atoms with E-state index in [0.29, 0.717) is 16.3 Å². The summed E-state index contributed by atoms with van der Waals surface area (Å²) in [6, 6.07) is 14.3. The number of carbonyl (C=O) groups is 2. The standard InChI is InChI=1S/C20H18ClNO2/c1-20(11-12-20)18(23)10-9-14-5-4-6-15(13-14)22-19(24)16-7-2-3-8-17(16)21/h2-10,13H,11-12H2,1H3,(H,22,24)/b10-9+. The first-order chi connectivity index (χ1) is 11.5. The third-order valence-corrected chi connectivity index (χ3v) is 4.61. The monoisotopic (exact) mass is 339 g/mol. The van der Waals surface area contributed by atoms with E-state index in [1.54, 1.807) is 42.5 Å². The molecule has 1 amide bonds. The molecule has 0 radical (unpaired) electrons. The van der Waals surface area contributed by atoms with Crippen LogP contribution in [-0.2, 0) is 4.79 Å². The molecule has 2 aromatic rings. The lowest BCUT2D eigenvalue weighted by Crippen LogP contribution is -2.12. The topological polar surface area (TPSA) is 46.2 Å². The fraction of sp³-hybridized carbons (Fsp3) is 0.200. The van der Waals surface area contributed by atoms with Crippen LogP contribution >= 0.6 is 11.6 Å². The van der Waals surface area contributed by atoms with E-state index in [2.05, 4.69) is 5.32 Å². The average Bonchev–Trinajstić information content (AvgIpc) is 3.32. The van der Waals surface area contributed by atoms with Crippen LogP contribution in [0, 0.1) is 5.41 Å². The molecule has 3 rings (SSSR count). The van der Waals surface area contributed by atoms with Gasteiger partial charge in [-0.25, -0.2) is 0 Å². The highest BCUT2D eigenvalue weighted by molar-refractivity contribution is 6.34. The Kier molecular flexibility index (Phi) is 4.54. The van der Waals surface area contributed by atoms with Crippen molar-refractivity contribution in [2.45, 2.75) is 19.8 Å². The molecule has 0 atom stereocenters. The third kappa shape index (κ3) is 3.74. The zero-order chi connectivity index (χ0) is 17.2. The van der Waals surface area contributed by atoms with Crippen LogP contribution in [0.1, 0.15) is 35.7 Å². The first-order valence-electron chi connectivity index (χ1n) is 7.86. The minimum atomic E-state index is -0.261. The second-order valence-corrected chi connectivity index (χ2v) is 6.72. The number of carbonyl (C=O) groups excluding carboxylic acids is 2. The predicted molar refractivity (Wildman–Crippen MR) is 97.2 cm³/mol. The van der Waals surface area contributed by atoms with Crippen molar-refractivity contribution < 1.29 is 9.59 Å². The molecule has 24 heavy (non-hydrogen) atoms. The van der Waals surface area contributed by atoms with Gasteiger partial charge in [-0.1, -0.05) is 48.9 Å². The Labute approximate surface area is 146 Å². The Bertz CT molecular complexity index is 822. The number of rotatable bonds is 5. The van der Waals surface area contributed by atoms with Gasteiger partial charge >= 0.3 is 0 Å². The molecule has 1 aliphatic rings. The fourth-order valence-corrected chi connectivity index (χ4v) is 2.59. The van der Waals surface area contributed by atoms with Gasteiger partial charge < -0.3 is 5.32 Å². The molecule has 2 aromatic carbocycles. The van der Waals surface area contributed by atoms with Gasteiger partial charge in [0.05, 0.1) is 10.6 Å². The van der Waals surface area contributed by atoms with Crippen LogP contribution < -0.4 is 5.32 Å². The first-order valence-corrected chi connectivity index (χ1v) is 8.24. The van der Waals surface area contributed by atoms with Crippen LogP contribution in [0.3, 0.4) is 0 Å². The number of anilines is 1. The van der Waals surface area contributed by atoms with Gasteiger partial charge in [0.2, 0.25) is 0 Å². The Morgan fingerprint density at radius 1 is 1.12 bits per heavy atom. The van der Waals surface area contributed by atoms with E-state index in [1.807, 2.05) is 25.1 Å². The zero-order valence-electron chi connectivity index (χ0n) is 13.4. The van der Waals surface area contributed by atoms with Crippen molar-refractivity contribution in [3.63, 3.8) is 0 Å². The lowest BCUT2D eigenvalue weighted by Gasteiger charge is -2.07. The maximum atomic E-state index is 12.3. The molecule has 3 nitrogen and oxygen atoms in total. The van der Waals surface area contributed by atoms with E-state index < -0.39 is 0 Å². The predicted octanol–water partition coefficient (Wildman–Crippen LogP) is 4.97. The molecular weight excluding hydrogens is 322 g/mol. The van der Waals surface area contributed by atoms with E-state index in [4.69, 9.17) is 11.6 Å². The molecule has 1 N–H and O–H groups in total. The van der Waals surface area contributed by atoms with Crippen LogP contribution in [0.2, 0.25) is 5.02 Å². The van der Waals surface area contributed by atoms with Gasteiger partial charge in [0.15, 0.2) is 5.78 Å². The first kappa shape index (κ1) is 16.5. The molecule has 1 saturated carbocycles. The summed E-state index contributed by atoms with van der Waals surface area (Å²) < 4.78 is 0. The Morgan fingerprint density at radius 3 is 2.58 bits per heavy atom. The molecule has 1 aliphatic carbocycles. The highest BCUT2D eigenvalue weighted by Crippen LogP contribution is 2.46. The van der Waals surface area contributed by atoms with Gasteiger partial charge in [-0.3, -0.25) is 9.59 Å². The number of amides is 1. The van der Waals surface area contributed by atoms with Crippen molar-refractivity contribution in [1.29, 1.82) is 0 Å². The number of hydrogen-bond donors (Lipinski definition) is 1. The summed E-state index contributed by atoms with van der Waals surface area (Å²) in [4.78, 5) is 24.3. The van der Waals surface area contributed by atoms with E-state index >= 15 is 0 Å². The molecule has 0 aliphatic heterocycles. The van der Waals surface area contributed by atoms with Crippen molar-refractivity contribution in [2.75, 3.05) is 5.32 Å². The number of nitrogens with one attached hydrogen (secondary N) is 1.